The van der Waals surface area contributed by atoms with Crippen molar-refractivity contribution >= 4 is 0 Å². The van der Waals surface area contributed by atoms with E-state index < -0.39 is 11.6 Å². The molecule has 1 atom stereocenters. The molecule has 2 rings (SSSR count). The average Bonchev–Trinajstić information content (AvgIpc) is 2.46. The lowest BCUT2D eigenvalue weighted by atomic mass is 10.1. The molecule has 0 aliphatic heterocycles. The first kappa shape index (κ1) is 15.4. The van der Waals surface area contributed by atoms with Gasteiger partial charge in [-0.05, 0) is 49.7 Å². The standard InChI is InChI=1S/C17H19F2NO/c1-12-4-3-5-15(10-12)21-9-8-20-13(2)16-11-14(18)6-7-17(16)19/h3-7,10-11,13,20H,8-9H2,1-2H3. The van der Waals surface area contributed by atoms with Crippen LogP contribution in [0, 0.1) is 18.6 Å². The van der Waals surface area contributed by atoms with Crippen LogP contribution in [0.3, 0.4) is 0 Å². The lowest BCUT2D eigenvalue weighted by molar-refractivity contribution is 0.306. The molecule has 0 amide bonds. The van der Waals surface area contributed by atoms with Gasteiger partial charge in [-0.2, -0.15) is 0 Å². The zero-order chi connectivity index (χ0) is 15.2. The third-order valence-electron chi connectivity index (χ3n) is 3.24. The van der Waals surface area contributed by atoms with Crippen molar-refractivity contribution in [1.82, 2.24) is 5.32 Å². The van der Waals surface area contributed by atoms with Gasteiger partial charge in [0.05, 0.1) is 0 Å². The third kappa shape index (κ3) is 4.53. The van der Waals surface area contributed by atoms with Gasteiger partial charge in [-0.25, -0.2) is 8.78 Å². The second-order valence-electron chi connectivity index (χ2n) is 5.01. The highest BCUT2D eigenvalue weighted by molar-refractivity contribution is 5.27. The quantitative estimate of drug-likeness (QED) is 0.812. The Morgan fingerprint density at radius 1 is 1.14 bits per heavy atom. The molecule has 0 aliphatic rings. The number of nitrogens with one attached hydrogen (secondary N) is 1. The molecule has 0 aliphatic carbocycles. The van der Waals surface area contributed by atoms with E-state index in [1.807, 2.05) is 31.2 Å². The first-order valence-corrected chi connectivity index (χ1v) is 6.94. The Balaban J connectivity index is 1.82. The van der Waals surface area contributed by atoms with Gasteiger partial charge in [0.15, 0.2) is 0 Å². The first-order valence-electron chi connectivity index (χ1n) is 6.94. The van der Waals surface area contributed by atoms with Gasteiger partial charge in [-0.1, -0.05) is 12.1 Å². The molecule has 0 saturated carbocycles. The fraction of sp³-hybridized carbons (Fsp3) is 0.294. The molecule has 2 nitrogen and oxygen atoms in total. The molecule has 0 saturated heterocycles. The van der Waals surface area contributed by atoms with Crippen molar-refractivity contribution in [1.29, 1.82) is 0 Å². The lowest BCUT2D eigenvalue weighted by Crippen LogP contribution is -2.25. The van der Waals surface area contributed by atoms with Gasteiger partial charge in [0.1, 0.15) is 24.0 Å². The molecule has 0 heterocycles. The molecule has 4 heteroatoms. The third-order valence-corrected chi connectivity index (χ3v) is 3.24. The normalized spacial score (nSPS) is 12.2. The summed E-state index contributed by atoms with van der Waals surface area (Å²) in [5.41, 5.74) is 1.46. The fourth-order valence-corrected chi connectivity index (χ4v) is 2.11. The van der Waals surface area contributed by atoms with Crippen LogP contribution in [0.25, 0.3) is 0 Å². The summed E-state index contributed by atoms with van der Waals surface area (Å²) in [6, 6.07) is 11.0. The van der Waals surface area contributed by atoms with E-state index in [0.717, 1.165) is 23.4 Å². The highest BCUT2D eigenvalue weighted by Gasteiger charge is 2.11. The van der Waals surface area contributed by atoms with E-state index in [1.54, 1.807) is 6.92 Å². The predicted octanol–water partition coefficient (Wildman–Crippen LogP) is 4.00. The molecule has 21 heavy (non-hydrogen) atoms. The van der Waals surface area contributed by atoms with Crippen molar-refractivity contribution in [2.24, 2.45) is 0 Å². The molecule has 1 N–H and O–H groups in total. The Morgan fingerprint density at radius 2 is 1.95 bits per heavy atom. The topological polar surface area (TPSA) is 21.3 Å². The van der Waals surface area contributed by atoms with Crippen molar-refractivity contribution in [3.63, 3.8) is 0 Å². The molecular formula is C17H19F2NO. The molecule has 1 unspecified atom stereocenters. The molecule has 0 bridgehead atoms. The van der Waals surface area contributed by atoms with Crippen molar-refractivity contribution in [2.75, 3.05) is 13.2 Å². The van der Waals surface area contributed by atoms with Crippen LogP contribution in [0.1, 0.15) is 24.1 Å². The number of aryl methyl sites for hydroxylation is 1. The minimum atomic E-state index is -0.434. The van der Waals surface area contributed by atoms with E-state index in [1.165, 1.54) is 6.07 Å². The summed E-state index contributed by atoms with van der Waals surface area (Å²) in [5, 5.41) is 3.12. The Kier molecular flexibility index (Phi) is 5.28. The molecule has 0 radical (unpaired) electrons. The average molecular weight is 291 g/mol. The second kappa shape index (κ2) is 7.18. The number of ether oxygens (including phenoxy) is 1. The molecule has 0 spiro atoms. The van der Waals surface area contributed by atoms with Gasteiger partial charge in [-0.3, -0.25) is 0 Å². The highest BCUT2D eigenvalue weighted by atomic mass is 19.1. The van der Waals surface area contributed by atoms with Gasteiger partial charge in [-0.15, -0.1) is 0 Å². The van der Waals surface area contributed by atoms with Gasteiger partial charge in [0, 0.05) is 18.2 Å². The van der Waals surface area contributed by atoms with E-state index in [4.69, 9.17) is 4.74 Å². The highest BCUT2D eigenvalue weighted by Crippen LogP contribution is 2.18. The Hall–Kier alpha value is -1.94. The molecule has 0 aromatic heterocycles. The molecule has 2 aromatic rings. The van der Waals surface area contributed by atoms with Gasteiger partial charge in [0.2, 0.25) is 0 Å². The Labute approximate surface area is 123 Å². The van der Waals surface area contributed by atoms with E-state index in [-0.39, 0.29) is 6.04 Å². The van der Waals surface area contributed by atoms with Crippen LogP contribution in [0.15, 0.2) is 42.5 Å². The first-order chi connectivity index (χ1) is 10.1. The summed E-state index contributed by atoms with van der Waals surface area (Å²) in [4.78, 5) is 0. The zero-order valence-electron chi connectivity index (χ0n) is 12.2. The molecule has 2 aromatic carbocycles. The van der Waals surface area contributed by atoms with Crippen LogP contribution in [0.2, 0.25) is 0 Å². The number of hydrogen-bond donors (Lipinski definition) is 1. The molecule has 112 valence electrons. The molecule has 0 fully saturated rings. The largest absolute Gasteiger partial charge is 0.492 e. The monoisotopic (exact) mass is 291 g/mol. The maximum Gasteiger partial charge on any atom is 0.128 e. The van der Waals surface area contributed by atoms with E-state index in [9.17, 15) is 8.78 Å². The molecular weight excluding hydrogens is 272 g/mol. The summed E-state index contributed by atoms with van der Waals surface area (Å²) in [6.45, 7) is 4.81. The Bertz CT molecular complexity index is 601. The zero-order valence-corrected chi connectivity index (χ0v) is 12.2. The van der Waals surface area contributed by atoms with E-state index in [2.05, 4.69) is 5.32 Å². The summed E-state index contributed by atoms with van der Waals surface area (Å²) in [5.74, 6) is -0.0338. The lowest BCUT2D eigenvalue weighted by Gasteiger charge is -2.15. The van der Waals surface area contributed by atoms with Crippen LogP contribution < -0.4 is 10.1 Å². The summed E-state index contributed by atoms with van der Waals surface area (Å²) < 4.78 is 32.3. The Morgan fingerprint density at radius 3 is 2.71 bits per heavy atom. The van der Waals surface area contributed by atoms with Crippen LogP contribution in [0.5, 0.6) is 5.75 Å². The smallest absolute Gasteiger partial charge is 0.128 e. The maximum absolute atomic E-state index is 13.6. The van der Waals surface area contributed by atoms with Crippen molar-refractivity contribution in [3.05, 3.63) is 65.2 Å². The van der Waals surface area contributed by atoms with Crippen molar-refractivity contribution < 1.29 is 13.5 Å². The maximum atomic E-state index is 13.6. The number of halogens is 2. The minimum absolute atomic E-state index is 0.276. The van der Waals surface area contributed by atoms with Crippen molar-refractivity contribution in [2.45, 2.75) is 19.9 Å². The van der Waals surface area contributed by atoms with Gasteiger partial charge >= 0.3 is 0 Å². The van der Waals surface area contributed by atoms with Crippen LogP contribution in [-0.4, -0.2) is 13.2 Å². The summed E-state index contributed by atoms with van der Waals surface area (Å²) in [7, 11) is 0. The minimum Gasteiger partial charge on any atom is -0.492 e. The van der Waals surface area contributed by atoms with Crippen LogP contribution in [0.4, 0.5) is 8.78 Å². The van der Waals surface area contributed by atoms with E-state index >= 15 is 0 Å². The number of hydrogen-bond acceptors (Lipinski definition) is 2. The van der Waals surface area contributed by atoms with Crippen LogP contribution >= 0.6 is 0 Å². The summed E-state index contributed by atoms with van der Waals surface area (Å²) >= 11 is 0. The SMILES string of the molecule is Cc1cccc(OCCNC(C)c2cc(F)ccc2F)c1. The van der Waals surface area contributed by atoms with Gasteiger partial charge < -0.3 is 10.1 Å². The predicted molar refractivity (Wildman–Crippen MR) is 79.4 cm³/mol. The van der Waals surface area contributed by atoms with Crippen molar-refractivity contribution in [3.8, 4) is 5.75 Å². The van der Waals surface area contributed by atoms with E-state index in [0.29, 0.717) is 18.7 Å². The second-order valence-corrected chi connectivity index (χ2v) is 5.01. The number of benzene rings is 2. The summed E-state index contributed by atoms with van der Waals surface area (Å²) in [6.07, 6.45) is 0. The van der Waals surface area contributed by atoms with Crippen LogP contribution in [-0.2, 0) is 0 Å². The van der Waals surface area contributed by atoms with Gasteiger partial charge in [0.25, 0.3) is 0 Å². The number of rotatable bonds is 6. The fourth-order valence-electron chi connectivity index (χ4n) is 2.11.